The molecular formula is C30H38Cl2FN5O6. The summed E-state index contributed by atoms with van der Waals surface area (Å²) in [4.78, 5) is 18.7. The molecular weight excluding hydrogens is 616 g/mol. The summed E-state index contributed by atoms with van der Waals surface area (Å²) in [6, 6.07) is 4.53. The molecule has 0 radical (unpaired) electrons. The maximum atomic E-state index is 14.0. The molecule has 2 aromatic heterocycles. The molecule has 0 saturated carbocycles. The van der Waals surface area contributed by atoms with Gasteiger partial charge in [0.15, 0.2) is 11.6 Å². The summed E-state index contributed by atoms with van der Waals surface area (Å²) >= 11 is 12.4. The third-order valence-electron chi connectivity index (χ3n) is 7.20. The minimum atomic E-state index is -0.684. The predicted octanol–water partition coefficient (Wildman–Crippen LogP) is 4.97. The van der Waals surface area contributed by atoms with Crippen LogP contribution >= 0.6 is 23.2 Å². The Morgan fingerprint density at radius 1 is 1.05 bits per heavy atom. The van der Waals surface area contributed by atoms with E-state index in [0.29, 0.717) is 64.0 Å². The molecule has 0 spiro atoms. The highest BCUT2D eigenvalue weighted by molar-refractivity contribution is 6.36. The van der Waals surface area contributed by atoms with E-state index in [4.69, 9.17) is 52.6 Å². The Kier molecular flexibility index (Phi) is 13.0. The smallest absolute Gasteiger partial charge is 0.248 e. The summed E-state index contributed by atoms with van der Waals surface area (Å²) in [5.41, 5.74) is 7.98. The summed E-state index contributed by atoms with van der Waals surface area (Å²) in [6.07, 6.45) is 6.17. The fourth-order valence-electron chi connectivity index (χ4n) is 4.77. The summed E-state index contributed by atoms with van der Waals surface area (Å²) in [6.45, 7) is 5.74. The summed E-state index contributed by atoms with van der Waals surface area (Å²) in [5.74, 6) is -0.141. The van der Waals surface area contributed by atoms with Gasteiger partial charge in [-0.3, -0.25) is 9.48 Å². The average Bonchev–Trinajstić information content (AvgIpc) is 3.52. The van der Waals surface area contributed by atoms with Crippen molar-refractivity contribution < 1.29 is 32.9 Å². The number of carbonyl (C=O) groups excluding carboxylic acids is 1. The van der Waals surface area contributed by atoms with Crippen LogP contribution in [0.5, 0.6) is 5.75 Å². The molecule has 0 unspecified atom stereocenters. The van der Waals surface area contributed by atoms with E-state index in [9.17, 15) is 9.18 Å². The lowest BCUT2D eigenvalue weighted by atomic mass is 10.1. The Morgan fingerprint density at radius 2 is 1.73 bits per heavy atom. The number of hydrogen-bond acceptors (Lipinski definition) is 9. The molecule has 1 fully saturated rings. The summed E-state index contributed by atoms with van der Waals surface area (Å²) in [7, 11) is 1.62. The lowest BCUT2D eigenvalue weighted by molar-refractivity contribution is -0.138. The summed E-state index contributed by atoms with van der Waals surface area (Å²) < 4.78 is 43.1. The second kappa shape index (κ2) is 16.9. The third-order valence-corrected chi connectivity index (χ3v) is 7.91. The number of benzene rings is 1. The zero-order chi connectivity index (χ0) is 31.5. The van der Waals surface area contributed by atoms with Crippen molar-refractivity contribution in [3.8, 4) is 16.9 Å². The van der Waals surface area contributed by atoms with Crippen LogP contribution in [-0.4, -0.2) is 92.0 Å². The highest BCUT2D eigenvalue weighted by Crippen LogP contribution is 2.37. The Morgan fingerprint density at radius 3 is 2.43 bits per heavy atom. The van der Waals surface area contributed by atoms with Crippen molar-refractivity contribution in [1.29, 1.82) is 0 Å². The van der Waals surface area contributed by atoms with Gasteiger partial charge in [0.05, 0.1) is 56.9 Å². The molecule has 3 aromatic rings. The number of methoxy groups -OCH3 is 1. The van der Waals surface area contributed by atoms with E-state index in [2.05, 4.69) is 10.1 Å². The molecule has 240 valence electrons. The van der Waals surface area contributed by atoms with Crippen molar-refractivity contribution in [2.75, 3.05) is 72.2 Å². The number of likely N-dealkylation sites (tertiary alicyclic amines) is 1. The molecule has 3 heterocycles. The van der Waals surface area contributed by atoms with Crippen LogP contribution in [0.3, 0.4) is 0 Å². The molecule has 11 nitrogen and oxygen atoms in total. The molecule has 1 aliphatic rings. The van der Waals surface area contributed by atoms with E-state index in [1.54, 1.807) is 32.5 Å². The standard InChI is InChI=1S/C30H38Cl2FN5O6/c1-20(28-24(31)3-4-25(33)29(28)32)44-26-15-21(16-35-30(26)34)22-17-36-38(18-22)23-5-7-37(8-6-23)27(39)19-43-14-13-42-12-11-41-10-9-40-2/h3-4,15-18,20,23H,5-14,19H2,1-2H3,(H2,34,35)/t20-/m1/s1. The Balaban J connectivity index is 1.24. The largest absolute Gasteiger partial charge is 0.482 e. The van der Waals surface area contributed by atoms with Gasteiger partial charge >= 0.3 is 0 Å². The van der Waals surface area contributed by atoms with Crippen molar-refractivity contribution in [2.45, 2.75) is 31.9 Å². The lowest BCUT2D eigenvalue weighted by Gasteiger charge is -2.32. The molecule has 1 saturated heterocycles. The van der Waals surface area contributed by atoms with Gasteiger partial charge in [-0.15, -0.1) is 0 Å². The number of nitrogen functional groups attached to an aromatic ring is 1. The Labute approximate surface area is 266 Å². The highest BCUT2D eigenvalue weighted by Gasteiger charge is 2.25. The number of pyridine rings is 1. The van der Waals surface area contributed by atoms with Crippen LogP contribution in [0, 0.1) is 5.82 Å². The molecule has 0 aliphatic carbocycles. The first-order valence-corrected chi connectivity index (χ1v) is 15.1. The van der Waals surface area contributed by atoms with Gasteiger partial charge in [0.2, 0.25) is 5.91 Å². The van der Waals surface area contributed by atoms with E-state index >= 15 is 0 Å². The van der Waals surface area contributed by atoms with Crippen LogP contribution in [0.1, 0.15) is 37.5 Å². The molecule has 1 amide bonds. The Hall–Kier alpha value is -3.00. The van der Waals surface area contributed by atoms with Gasteiger partial charge in [-0.25, -0.2) is 9.37 Å². The first-order valence-electron chi connectivity index (χ1n) is 14.4. The van der Waals surface area contributed by atoms with Crippen molar-refractivity contribution in [3.63, 3.8) is 0 Å². The predicted molar refractivity (Wildman–Crippen MR) is 165 cm³/mol. The van der Waals surface area contributed by atoms with Gasteiger partial charge in [-0.1, -0.05) is 23.2 Å². The number of carbonyl (C=O) groups is 1. The van der Waals surface area contributed by atoms with Crippen LogP contribution in [-0.2, 0) is 23.7 Å². The maximum absolute atomic E-state index is 14.0. The van der Waals surface area contributed by atoms with E-state index in [0.717, 1.165) is 24.0 Å². The van der Waals surface area contributed by atoms with Crippen LogP contribution < -0.4 is 10.5 Å². The van der Waals surface area contributed by atoms with Gasteiger partial charge < -0.3 is 34.3 Å². The Bertz CT molecular complexity index is 1370. The van der Waals surface area contributed by atoms with Gasteiger partial charge in [0.1, 0.15) is 18.5 Å². The molecule has 2 N–H and O–H groups in total. The van der Waals surface area contributed by atoms with Crippen LogP contribution in [0.15, 0.2) is 36.8 Å². The number of hydrogen-bond donors (Lipinski definition) is 1. The number of anilines is 1. The molecule has 1 atom stereocenters. The highest BCUT2D eigenvalue weighted by atomic mass is 35.5. The van der Waals surface area contributed by atoms with Gasteiger partial charge in [-0.05, 0) is 38.0 Å². The number of halogens is 3. The maximum Gasteiger partial charge on any atom is 0.248 e. The monoisotopic (exact) mass is 653 g/mol. The second-order valence-corrected chi connectivity index (χ2v) is 11.0. The quantitative estimate of drug-likeness (QED) is 0.168. The van der Waals surface area contributed by atoms with Crippen molar-refractivity contribution in [2.24, 2.45) is 0 Å². The van der Waals surface area contributed by atoms with Crippen LogP contribution in [0.25, 0.3) is 11.1 Å². The number of amides is 1. The number of rotatable bonds is 16. The minimum Gasteiger partial charge on any atom is -0.482 e. The van der Waals surface area contributed by atoms with Gasteiger partial charge in [-0.2, -0.15) is 5.10 Å². The SMILES string of the molecule is COCCOCCOCCOCC(=O)N1CCC(n2cc(-c3cnc(N)c(O[C@H](C)c4c(Cl)ccc(F)c4Cl)c3)cn2)CC1. The number of ether oxygens (including phenoxy) is 5. The second-order valence-electron chi connectivity index (χ2n) is 10.2. The topological polar surface area (TPSA) is 123 Å². The number of piperidine rings is 1. The number of nitrogens with zero attached hydrogens (tertiary/aromatic N) is 4. The summed E-state index contributed by atoms with van der Waals surface area (Å²) in [5, 5.41) is 4.75. The number of nitrogens with two attached hydrogens (primary N) is 1. The molecule has 1 aromatic carbocycles. The first-order chi connectivity index (χ1) is 21.3. The van der Waals surface area contributed by atoms with Crippen molar-refractivity contribution in [3.05, 3.63) is 58.2 Å². The average molecular weight is 655 g/mol. The van der Waals surface area contributed by atoms with E-state index in [-0.39, 0.29) is 34.4 Å². The first kappa shape index (κ1) is 33.9. The van der Waals surface area contributed by atoms with Crippen LogP contribution in [0.4, 0.5) is 10.2 Å². The van der Waals surface area contributed by atoms with E-state index in [1.165, 1.54) is 12.1 Å². The molecule has 0 bridgehead atoms. The van der Waals surface area contributed by atoms with E-state index in [1.807, 2.05) is 15.8 Å². The molecule has 14 heteroatoms. The number of aromatic nitrogens is 3. The van der Waals surface area contributed by atoms with Gasteiger partial charge in [0, 0.05) is 54.3 Å². The van der Waals surface area contributed by atoms with Crippen molar-refractivity contribution >= 4 is 34.9 Å². The lowest BCUT2D eigenvalue weighted by Crippen LogP contribution is -2.41. The fraction of sp³-hybridized carbons (Fsp3) is 0.500. The van der Waals surface area contributed by atoms with E-state index < -0.39 is 11.9 Å². The van der Waals surface area contributed by atoms with Crippen molar-refractivity contribution in [1.82, 2.24) is 19.7 Å². The molecule has 1 aliphatic heterocycles. The third kappa shape index (κ3) is 9.26. The molecule has 4 rings (SSSR count). The zero-order valence-electron chi connectivity index (χ0n) is 24.8. The minimum absolute atomic E-state index is 0.0229. The zero-order valence-corrected chi connectivity index (χ0v) is 26.4. The normalized spacial score (nSPS) is 14.6. The van der Waals surface area contributed by atoms with Gasteiger partial charge in [0.25, 0.3) is 0 Å². The molecule has 44 heavy (non-hydrogen) atoms. The van der Waals surface area contributed by atoms with Crippen LogP contribution in [0.2, 0.25) is 10.0 Å². The fourth-order valence-corrected chi connectivity index (χ4v) is 5.45.